The van der Waals surface area contributed by atoms with Crippen LogP contribution in [0, 0.1) is 5.92 Å². The van der Waals surface area contributed by atoms with E-state index < -0.39 is 0 Å². The number of aromatic nitrogens is 2. The number of nitrogens with zero attached hydrogens (tertiary/aromatic N) is 2. The van der Waals surface area contributed by atoms with Crippen molar-refractivity contribution >= 4 is 23.3 Å². The van der Waals surface area contributed by atoms with Crippen molar-refractivity contribution in [3.05, 3.63) is 35.5 Å². The van der Waals surface area contributed by atoms with E-state index in [0.717, 1.165) is 17.5 Å². The van der Waals surface area contributed by atoms with E-state index in [4.69, 9.17) is 5.10 Å². The minimum atomic E-state index is -0.0489. The summed E-state index contributed by atoms with van der Waals surface area (Å²) in [6.45, 7) is 13.8. The molecule has 4 heteroatoms. The summed E-state index contributed by atoms with van der Waals surface area (Å²) in [6.07, 6.45) is 5.24. The predicted molar refractivity (Wildman–Crippen MR) is 121 cm³/mol. The Morgan fingerprint density at radius 2 is 1.96 bits per heavy atom. The molecule has 1 N–H and O–H groups in total. The van der Waals surface area contributed by atoms with E-state index in [1.807, 2.05) is 11.8 Å². The van der Waals surface area contributed by atoms with E-state index >= 15 is 0 Å². The number of rotatable bonds is 3. The van der Waals surface area contributed by atoms with Gasteiger partial charge in [0.2, 0.25) is 0 Å². The Bertz CT molecular complexity index is 859. The SMILES string of the molecule is CC1CCCC(c2cc(Nc3ccc4c(c3)C(C)(C)CS4)n(C(C)(C)C)n2)C1. The average Bonchev–Trinajstić information content (AvgIpc) is 3.17. The zero-order valence-electron chi connectivity index (χ0n) is 18.3. The molecule has 1 aromatic heterocycles. The molecule has 2 aliphatic rings. The molecule has 0 saturated heterocycles. The van der Waals surface area contributed by atoms with E-state index in [0.29, 0.717) is 5.92 Å². The van der Waals surface area contributed by atoms with Crippen LogP contribution in [0.2, 0.25) is 0 Å². The molecule has 0 bridgehead atoms. The van der Waals surface area contributed by atoms with Gasteiger partial charge in [-0.25, -0.2) is 4.68 Å². The van der Waals surface area contributed by atoms with Gasteiger partial charge in [-0.15, -0.1) is 11.8 Å². The van der Waals surface area contributed by atoms with Gasteiger partial charge in [0.05, 0.1) is 11.2 Å². The maximum atomic E-state index is 5.09. The molecule has 0 spiro atoms. The molecule has 1 aliphatic carbocycles. The normalized spacial score (nSPS) is 24.2. The summed E-state index contributed by atoms with van der Waals surface area (Å²) in [7, 11) is 0. The van der Waals surface area contributed by atoms with Gasteiger partial charge in [-0.3, -0.25) is 0 Å². The van der Waals surface area contributed by atoms with Gasteiger partial charge < -0.3 is 5.32 Å². The van der Waals surface area contributed by atoms with Gasteiger partial charge in [0.15, 0.2) is 0 Å². The second-order valence-electron chi connectivity index (χ2n) is 10.5. The first-order chi connectivity index (χ1) is 13.1. The summed E-state index contributed by atoms with van der Waals surface area (Å²) < 4.78 is 2.19. The fourth-order valence-electron chi connectivity index (χ4n) is 4.65. The molecule has 2 atom stereocenters. The molecule has 0 amide bonds. The zero-order valence-corrected chi connectivity index (χ0v) is 19.1. The molecule has 152 valence electrons. The molecule has 28 heavy (non-hydrogen) atoms. The van der Waals surface area contributed by atoms with Crippen LogP contribution in [-0.4, -0.2) is 15.5 Å². The first-order valence-corrected chi connectivity index (χ1v) is 11.8. The fourth-order valence-corrected chi connectivity index (χ4v) is 5.98. The lowest BCUT2D eigenvalue weighted by atomic mass is 9.81. The zero-order chi connectivity index (χ0) is 20.1. The monoisotopic (exact) mass is 397 g/mol. The maximum Gasteiger partial charge on any atom is 0.129 e. The molecular weight excluding hydrogens is 362 g/mol. The van der Waals surface area contributed by atoms with Gasteiger partial charge >= 0.3 is 0 Å². The van der Waals surface area contributed by atoms with Gasteiger partial charge in [-0.1, -0.05) is 33.6 Å². The number of fused-ring (bicyclic) bond motifs is 1. The highest BCUT2D eigenvalue weighted by atomic mass is 32.2. The number of hydrogen-bond donors (Lipinski definition) is 1. The van der Waals surface area contributed by atoms with E-state index in [-0.39, 0.29) is 11.0 Å². The van der Waals surface area contributed by atoms with Crippen molar-refractivity contribution in [1.29, 1.82) is 0 Å². The van der Waals surface area contributed by atoms with Gasteiger partial charge in [-0.2, -0.15) is 5.10 Å². The van der Waals surface area contributed by atoms with Gasteiger partial charge in [-0.05, 0) is 63.3 Å². The lowest BCUT2D eigenvalue weighted by Crippen LogP contribution is -2.25. The smallest absolute Gasteiger partial charge is 0.129 e. The molecule has 3 nitrogen and oxygen atoms in total. The lowest BCUT2D eigenvalue weighted by molar-refractivity contribution is 0.325. The summed E-state index contributed by atoms with van der Waals surface area (Å²) in [6, 6.07) is 9.15. The minimum absolute atomic E-state index is 0.0489. The van der Waals surface area contributed by atoms with Crippen LogP contribution in [0.1, 0.15) is 84.4 Å². The standard InChI is InChI=1S/C24H35N3S/c1-16-8-7-9-17(12-16)20-14-22(27(26-20)23(2,3)4)25-18-10-11-21-19(13-18)24(5,6)15-28-21/h10-11,13-14,16-17,25H,7-9,12,15H2,1-6H3. The summed E-state index contributed by atoms with van der Waals surface area (Å²) in [5, 5.41) is 8.80. The molecule has 2 unspecified atom stereocenters. The van der Waals surface area contributed by atoms with Crippen LogP contribution in [0.3, 0.4) is 0 Å². The van der Waals surface area contributed by atoms with Crippen molar-refractivity contribution in [1.82, 2.24) is 9.78 Å². The second kappa shape index (κ2) is 7.12. The summed E-state index contributed by atoms with van der Waals surface area (Å²) >= 11 is 1.97. The molecule has 1 fully saturated rings. The quantitative estimate of drug-likeness (QED) is 0.601. The Balaban J connectivity index is 1.66. The number of anilines is 2. The fraction of sp³-hybridized carbons (Fsp3) is 0.625. The Morgan fingerprint density at radius 1 is 1.18 bits per heavy atom. The first kappa shape index (κ1) is 19.9. The highest BCUT2D eigenvalue weighted by Crippen LogP contribution is 2.45. The molecule has 1 aliphatic heterocycles. The van der Waals surface area contributed by atoms with Crippen LogP contribution in [0.5, 0.6) is 0 Å². The summed E-state index contributed by atoms with van der Waals surface area (Å²) in [4.78, 5) is 1.43. The molecule has 0 radical (unpaired) electrons. The highest BCUT2D eigenvalue weighted by molar-refractivity contribution is 7.99. The van der Waals surface area contributed by atoms with Gasteiger partial charge in [0, 0.05) is 33.7 Å². The van der Waals surface area contributed by atoms with Crippen molar-refractivity contribution in [3.8, 4) is 0 Å². The summed E-state index contributed by atoms with van der Waals surface area (Å²) in [5.74, 6) is 3.69. The van der Waals surface area contributed by atoms with Crippen molar-refractivity contribution in [2.24, 2.45) is 5.92 Å². The van der Waals surface area contributed by atoms with E-state index in [1.54, 1.807) is 0 Å². The Hall–Kier alpha value is -1.42. The van der Waals surface area contributed by atoms with E-state index in [2.05, 4.69) is 75.8 Å². The number of thioether (sulfide) groups is 1. The third-order valence-electron chi connectivity index (χ3n) is 6.29. The van der Waals surface area contributed by atoms with Gasteiger partial charge in [0.1, 0.15) is 5.82 Å². The van der Waals surface area contributed by atoms with Crippen LogP contribution in [-0.2, 0) is 11.0 Å². The molecule has 4 rings (SSSR count). The van der Waals surface area contributed by atoms with Crippen LogP contribution in [0.4, 0.5) is 11.5 Å². The predicted octanol–water partition coefficient (Wildman–Crippen LogP) is 7.06. The lowest BCUT2D eigenvalue weighted by Gasteiger charge is -2.26. The Kier molecular flexibility index (Phi) is 5.06. The molecule has 2 heterocycles. The van der Waals surface area contributed by atoms with Crippen molar-refractivity contribution in [3.63, 3.8) is 0 Å². The summed E-state index contributed by atoms with van der Waals surface area (Å²) in [5.41, 5.74) is 4.09. The molecular formula is C24H35N3S. The minimum Gasteiger partial charge on any atom is -0.340 e. The topological polar surface area (TPSA) is 29.9 Å². The van der Waals surface area contributed by atoms with Crippen LogP contribution in [0.15, 0.2) is 29.2 Å². The van der Waals surface area contributed by atoms with Crippen molar-refractivity contribution in [2.75, 3.05) is 11.1 Å². The third kappa shape index (κ3) is 3.85. The molecule has 1 saturated carbocycles. The molecule has 1 aromatic carbocycles. The highest BCUT2D eigenvalue weighted by Gasteiger charge is 2.31. The average molecular weight is 398 g/mol. The van der Waals surface area contributed by atoms with Crippen molar-refractivity contribution < 1.29 is 0 Å². The number of benzene rings is 1. The van der Waals surface area contributed by atoms with Crippen molar-refractivity contribution in [2.45, 2.75) is 89.0 Å². The van der Waals surface area contributed by atoms with Crippen LogP contribution in [0.25, 0.3) is 0 Å². The number of nitrogens with one attached hydrogen (secondary N) is 1. The second-order valence-corrected chi connectivity index (χ2v) is 11.5. The van der Waals surface area contributed by atoms with Crippen LogP contribution < -0.4 is 5.32 Å². The molecule has 2 aromatic rings. The van der Waals surface area contributed by atoms with Crippen LogP contribution >= 0.6 is 11.8 Å². The third-order valence-corrected chi connectivity index (χ3v) is 7.82. The Labute approximate surface area is 174 Å². The van der Waals surface area contributed by atoms with E-state index in [1.165, 1.54) is 47.5 Å². The largest absolute Gasteiger partial charge is 0.340 e. The van der Waals surface area contributed by atoms with E-state index in [9.17, 15) is 0 Å². The Morgan fingerprint density at radius 3 is 2.68 bits per heavy atom. The first-order valence-electron chi connectivity index (χ1n) is 10.8. The van der Waals surface area contributed by atoms with Gasteiger partial charge in [0.25, 0.3) is 0 Å². The number of hydrogen-bond acceptors (Lipinski definition) is 3. The maximum absolute atomic E-state index is 5.09.